The van der Waals surface area contributed by atoms with E-state index in [0.717, 1.165) is 22.3 Å². The number of likely N-dealkylation sites (N-methyl/N-ethyl adjacent to an activating group) is 1. The van der Waals surface area contributed by atoms with Crippen LogP contribution in [-0.4, -0.2) is 36.1 Å². The molecule has 0 aliphatic heterocycles. The van der Waals surface area contributed by atoms with Crippen molar-refractivity contribution < 1.29 is 9.94 Å². The molecule has 18 heavy (non-hydrogen) atoms. The van der Waals surface area contributed by atoms with Gasteiger partial charge >= 0.3 is 0 Å². The molecule has 0 atom stereocenters. The van der Waals surface area contributed by atoms with Crippen LogP contribution in [0.2, 0.25) is 0 Å². The highest BCUT2D eigenvalue weighted by Gasteiger charge is 2.10. The van der Waals surface area contributed by atoms with Gasteiger partial charge in [0.15, 0.2) is 5.84 Å². The zero-order valence-corrected chi connectivity index (χ0v) is 12.1. The minimum atomic E-state index is 0.200. The van der Waals surface area contributed by atoms with Crippen LogP contribution in [0.5, 0.6) is 5.75 Å². The Hall–Kier alpha value is -1.27. The summed E-state index contributed by atoms with van der Waals surface area (Å²) in [6.07, 6.45) is 0. The molecule has 0 radical (unpaired) electrons. The molecule has 0 saturated carbocycles. The average Bonchev–Trinajstić information content (AvgIpc) is 2.38. The fourth-order valence-corrected chi connectivity index (χ4v) is 2.06. The molecule has 1 aromatic rings. The number of benzene rings is 1. The van der Waals surface area contributed by atoms with Gasteiger partial charge < -0.3 is 15.7 Å². The summed E-state index contributed by atoms with van der Waals surface area (Å²) in [6.45, 7) is 3.92. The number of methoxy groups -OCH3 is 1. The molecule has 1 rings (SSSR count). The van der Waals surface area contributed by atoms with Crippen molar-refractivity contribution in [2.75, 3.05) is 20.2 Å². The Balaban J connectivity index is 2.83. The van der Waals surface area contributed by atoms with E-state index in [1.54, 1.807) is 7.11 Å². The molecule has 1 aromatic carbocycles. The maximum absolute atomic E-state index is 8.59. The number of ether oxygens (including phenoxy) is 1. The van der Waals surface area contributed by atoms with Gasteiger partial charge in [0.2, 0.25) is 0 Å². The lowest BCUT2D eigenvalue weighted by molar-refractivity contribution is 0.291. The molecular weight excluding hydrogens is 298 g/mol. The fourth-order valence-electron chi connectivity index (χ4n) is 1.65. The van der Waals surface area contributed by atoms with Gasteiger partial charge in [-0.2, -0.15) is 0 Å². The molecule has 0 spiro atoms. The Morgan fingerprint density at radius 1 is 1.56 bits per heavy atom. The molecule has 6 heteroatoms. The second-order valence-electron chi connectivity index (χ2n) is 3.85. The van der Waals surface area contributed by atoms with Gasteiger partial charge in [-0.15, -0.1) is 0 Å². The molecule has 0 aromatic heterocycles. The summed E-state index contributed by atoms with van der Waals surface area (Å²) < 4.78 is 6.32. The van der Waals surface area contributed by atoms with Crippen LogP contribution in [0.25, 0.3) is 0 Å². The summed E-state index contributed by atoms with van der Waals surface area (Å²) in [5.74, 6) is 1.03. The summed E-state index contributed by atoms with van der Waals surface area (Å²) in [7, 11) is 1.65. The van der Waals surface area contributed by atoms with Crippen LogP contribution in [0, 0.1) is 0 Å². The first-order chi connectivity index (χ1) is 8.60. The van der Waals surface area contributed by atoms with E-state index in [1.165, 1.54) is 0 Å². The van der Waals surface area contributed by atoms with Crippen molar-refractivity contribution in [2.45, 2.75) is 13.5 Å². The van der Waals surface area contributed by atoms with E-state index in [1.807, 2.05) is 25.1 Å². The predicted molar refractivity (Wildman–Crippen MR) is 75.1 cm³/mol. The zero-order chi connectivity index (χ0) is 13.5. The van der Waals surface area contributed by atoms with E-state index in [2.05, 4.69) is 26.0 Å². The monoisotopic (exact) mass is 315 g/mol. The van der Waals surface area contributed by atoms with E-state index < -0.39 is 0 Å². The normalized spacial score (nSPS) is 11.9. The van der Waals surface area contributed by atoms with E-state index >= 15 is 0 Å². The Morgan fingerprint density at radius 3 is 2.83 bits per heavy atom. The van der Waals surface area contributed by atoms with Crippen LogP contribution in [-0.2, 0) is 6.54 Å². The second kappa shape index (κ2) is 7.23. The summed E-state index contributed by atoms with van der Waals surface area (Å²) in [5.41, 5.74) is 6.58. The van der Waals surface area contributed by atoms with Gasteiger partial charge in [0.05, 0.1) is 13.7 Å². The van der Waals surface area contributed by atoms with Gasteiger partial charge in [-0.25, -0.2) is 0 Å². The Labute approximate surface area is 115 Å². The van der Waals surface area contributed by atoms with Crippen molar-refractivity contribution in [3.63, 3.8) is 0 Å². The maximum atomic E-state index is 8.59. The first kappa shape index (κ1) is 14.8. The molecule has 0 bridgehead atoms. The molecule has 5 nitrogen and oxygen atoms in total. The van der Waals surface area contributed by atoms with Crippen molar-refractivity contribution in [3.05, 3.63) is 28.2 Å². The van der Waals surface area contributed by atoms with E-state index in [9.17, 15) is 0 Å². The Kier molecular flexibility index (Phi) is 5.94. The smallest absolute Gasteiger partial charge is 0.153 e. The first-order valence-corrected chi connectivity index (χ1v) is 6.41. The van der Waals surface area contributed by atoms with E-state index in [4.69, 9.17) is 15.7 Å². The number of amidine groups is 1. The van der Waals surface area contributed by atoms with Gasteiger partial charge in [-0.05, 0) is 24.7 Å². The number of hydrogen-bond donors (Lipinski definition) is 2. The number of halogens is 1. The van der Waals surface area contributed by atoms with Crippen LogP contribution in [0.3, 0.4) is 0 Å². The van der Waals surface area contributed by atoms with Crippen molar-refractivity contribution in [1.29, 1.82) is 0 Å². The second-order valence-corrected chi connectivity index (χ2v) is 4.77. The lowest BCUT2D eigenvalue weighted by Crippen LogP contribution is -2.33. The molecular formula is C12H18BrN3O2. The number of nitrogens with two attached hydrogens (primary N) is 1. The average molecular weight is 316 g/mol. The number of nitrogens with zero attached hydrogens (tertiary/aromatic N) is 2. The fraction of sp³-hybridized carbons (Fsp3) is 0.417. The van der Waals surface area contributed by atoms with Gasteiger partial charge in [0, 0.05) is 16.6 Å². The minimum absolute atomic E-state index is 0.200. The minimum Gasteiger partial charge on any atom is -0.496 e. The predicted octanol–water partition coefficient (Wildman–Crippen LogP) is 2.03. The van der Waals surface area contributed by atoms with Crippen LogP contribution < -0.4 is 10.5 Å². The third-order valence-electron chi connectivity index (χ3n) is 2.60. The number of rotatable bonds is 6. The summed E-state index contributed by atoms with van der Waals surface area (Å²) in [6, 6.07) is 5.85. The highest BCUT2D eigenvalue weighted by atomic mass is 79.9. The van der Waals surface area contributed by atoms with E-state index in [-0.39, 0.29) is 5.84 Å². The zero-order valence-electron chi connectivity index (χ0n) is 10.6. The standard InChI is InChI=1S/C12H18BrN3O2/c1-3-16(8-12(14)15-17)7-9-6-10(13)4-5-11(9)18-2/h4-6,17H,3,7-8H2,1-2H3,(H2,14,15). The van der Waals surface area contributed by atoms with Crippen molar-refractivity contribution >= 4 is 21.8 Å². The third kappa shape index (κ3) is 4.19. The van der Waals surface area contributed by atoms with Gasteiger partial charge in [0.25, 0.3) is 0 Å². The first-order valence-electron chi connectivity index (χ1n) is 5.61. The van der Waals surface area contributed by atoms with Gasteiger partial charge in [-0.1, -0.05) is 28.0 Å². The van der Waals surface area contributed by atoms with Crippen LogP contribution in [0.4, 0.5) is 0 Å². The molecule has 100 valence electrons. The van der Waals surface area contributed by atoms with E-state index in [0.29, 0.717) is 13.1 Å². The SMILES string of the molecule is CCN(CC(N)=NO)Cc1cc(Br)ccc1OC. The quantitative estimate of drug-likeness (QED) is 0.365. The molecule has 0 heterocycles. The molecule has 0 amide bonds. The molecule has 3 N–H and O–H groups in total. The number of hydrogen-bond acceptors (Lipinski definition) is 4. The molecule has 0 unspecified atom stereocenters. The van der Waals surface area contributed by atoms with Crippen LogP contribution in [0.15, 0.2) is 27.8 Å². The maximum Gasteiger partial charge on any atom is 0.153 e. The molecule has 0 saturated heterocycles. The molecule has 0 aliphatic carbocycles. The van der Waals surface area contributed by atoms with Crippen molar-refractivity contribution in [3.8, 4) is 5.75 Å². The lowest BCUT2D eigenvalue weighted by Gasteiger charge is -2.21. The highest BCUT2D eigenvalue weighted by molar-refractivity contribution is 9.10. The molecule has 0 fully saturated rings. The van der Waals surface area contributed by atoms with Crippen molar-refractivity contribution in [2.24, 2.45) is 10.9 Å². The topological polar surface area (TPSA) is 71.1 Å². The summed E-state index contributed by atoms with van der Waals surface area (Å²) >= 11 is 3.44. The summed E-state index contributed by atoms with van der Waals surface area (Å²) in [4.78, 5) is 2.05. The molecule has 0 aliphatic rings. The largest absolute Gasteiger partial charge is 0.496 e. The van der Waals surface area contributed by atoms with Crippen molar-refractivity contribution in [1.82, 2.24) is 4.90 Å². The third-order valence-corrected chi connectivity index (χ3v) is 3.09. The Bertz CT molecular complexity index is 424. The summed E-state index contributed by atoms with van der Waals surface area (Å²) in [5, 5.41) is 11.6. The number of oxime groups is 1. The van der Waals surface area contributed by atoms with Crippen LogP contribution >= 0.6 is 15.9 Å². The lowest BCUT2D eigenvalue weighted by atomic mass is 10.2. The van der Waals surface area contributed by atoms with Gasteiger partial charge in [0.1, 0.15) is 5.75 Å². The highest BCUT2D eigenvalue weighted by Crippen LogP contribution is 2.24. The Morgan fingerprint density at radius 2 is 2.28 bits per heavy atom. The van der Waals surface area contributed by atoms with Crippen LogP contribution in [0.1, 0.15) is 12.5 Å². The van der Waals surface area contributed by atoms with Gasteiger partial charge in [-0.3, -0.25) is 4.90 Å².